The highest BCUT2D eigenvalue weighted by Crippen LogP contribution is 2.37. The Kier molecular flexibility index (Phi) is 9.24. The van der Waals surface area contributed by atoms with Crippen molar-refractivity contribution in [2.24, 2.45) is 11.7 Å². The monoisotopic (exact) mass is 543 g/mol. The summed E-state index contributed by atoms with van der Waals surface area (Å²) in [5.41, 5.74) is 11.6. The van der Waals surface area contributed by atoms with Gasteiger partial charge in [0, 0.05) is 18.3 Å². The molecule has 2 aromatic carbocycles. The Labute approximate surface area is 223 Å². The first kappa shape index (κ1) is 28.4. The van der Waals surface area contributed by atoms with Gasteiger partial charge in [-0.2, -0.15) is 4.37 Å². The summed E-state index contributed by atoms with van der Waals surface area (Å²) < 4.78 is 28.5. The van der Waals surface area contributed by atoms with Crippen LogP contribution in [0.2, 0.25) is 0 Å². The van der Waals surface area contributed by atoms with Crippen LogP contribution in [0.25, 0.3) is 0 Å². The number of carbonyl (C=O) groups is 3. The minimum atomic E-state index is -1.24. The molecule has 0 saturated carbocycles. The van der Waals surface area contributed by atoms with Gasteiger partial charge in [-0.25, -0.2) is 4.39 Å². The number of rotatable bonds is 11. The third-order valence-corrected chi connectivity index (χ3v) is 6.58. The highest BCUT2D eigenvalue weighted by atomic mass is 32.1. The second-order valence-corrected chi connectivity index (χ2v) is 9.55. The standard InChI is InChI=1S/C26H30FN5O5S/c1-14(2)11-12-30-25(34)22(15-5-7-16(27)8-6-15)32(17-9-10-18(36-3)19(13-17)37-4)26(35)23-20(28)21(24(29)33)31-38-23/h5-10,13-14,22H,11-12,28H2,1-4H3,(H2,29,33)(H,30,34). The van der Waals surface area contributed by atoms with E-state index in [0.717, 1.165) is 0 Å². The van der Waals surface area contributed by atoms with E-state index in [9.17, 15) is 18.8 Å². The number of ether oxygens (including phenoxy) is 2. The van der Waals surface area contributed by atoms with Crippen molar-refractivity contribution < 1.29 is 28.2 Å². The molecule has 0 radical (unpaired) electrons. The molecule has 12 heteroatoms. The first-order chi connectivity index (χ1) is 18.1. The molecule has 1 atom stereocenters. The van der Waals surface area contributed by atoms with Gasteiger partial charge in [-0.3, -0.25) is 19.3 Å². The van der Waals surface area contributed by atoms with Crippen molar-refractivity contribution in [3.63, 3.8) is 0 Å². The van der Waals surface area contributed by atoms with Crippen molar-refractivity contribution in [1.82, 2.24) is 9.69 Å². The van der Waals surface area contributed by atoms with Crippen molar-refractivity contribution in [2.45, 2.75) is 26.3 Å². The molecule has 3 amide bonds. The van der Waals surface area contributed by atoms with E-state index < -0.39 is 29.6 Å². The van der Waals surface area contributed by atoms with Gasteiger partial charge in [0.1, 0.15) is 16.7 Å². The number of nitrogens with zero attached hydrogens (tertiary/aromatic N) is 2. The van der Waals surface area contributed by atoms with E-state index in [1.807, 2.05) is 13.8 Å². The predicted molar refractivity (Wildman–Crippen MR) is 143 cm³/mol. The average molecular weight is 544 g/mol. The second-order valence-electron chi connectivity index (χ2n) is 8.78. The van der Waals surface area contributed by atoms with E-state index in [0.29, 0.717) is 47.5 Å². The van der Waals surface area contributed by atoms with Gasteiger partial charge in [0.25, 0.3) is 11.8 Å². The fraction of sp³-hybridized carbons (Fsp3) is 0.308. The number of primary amides is 1. The number of hydrogen-bond acceptors (Lipinski definition) is 8. The van der Waals surface area contributed by atoms with E-state index >= 15 is 0 Å². The summed E-state index contributed by atoms with van der Waals surface area (Å²) >= 11 is 0.687. The molecule has 0 aliphatic heterocycles. The van der Waals surface area contributed by atoms with Crippen LogP contribution in [-0.4, -0.2) is 42.9 Å². The molecule has 0 aliphatic rings. The number of halogens is 1. The zero-order chi connectivity index (χ0) is 28.0. The highest BCUT2D eigenvalue weighted by molar-refractivity contribution is 7.09. The quantitative estimate of drug-likeness (QED) is 0.335. The number of nitrogens with one attached hydrogen (secondary N) is 1. The second kappa shape index (κ2) is 12.4. The lowest BCUT2D eigenvalue weighted by atomic mass is 10.0. The van der Waals surface area contributed by atoms with Gasteiger partial charge in [-0.1, -0.05) is 26.0 Å². The van der Waals surface area contributed by atoms with Crippen LogP contribution in [0.15, 0.2) is 42.5 Å². The number of anilines is 2. The fourth-order valence-corrected chi connectivity index (χ4v) is 4.48. The molecule has 0 saturated heterocycles. The molecule has 1 heterocycles. The van der Waals surface area contributed by atoms with E-state index in [-0.39, 0.29) is 21.9 Å². The maximum absolute atomic E-state index is 14.1. The molecule has 3 rings (SSSR count). The molecule has 0 bridgehead atoms. The van der Waals surface area contributed by atoms with E-state index in [2.05, 4.69) is 9.69 Å². The number of aromatic nitrogens is 1. The van der Waals surface area contributed by atoms with Crippen LogP contribution in [0, 0.1) is 11.7 Å². The molecular weight excluding hydrogens is 513 g/mol. The van der Waals surface area contributed by atoms with Crippen molar-refractivity contribution in [2.75, 3.05) is 31.4 Å². The molecule has 0 spiro atoms. The molecule has 202 valence electrons. The third-order valence-electron chi connectivity index (χ3n) is 5.73. The van der Waals surface area contributed by atoms with Gasteiger partial charge < -0.3 is 26.3 Å². The first-order valence-electron chi connectivity index (χ1n) is 11.7. The van der Waals surface area contributed by atoms with Crippen LogP contribution < -0.4 is 31.2 Å². The molecule has 38 heavy (non-hydrogen) atoms. The topological polar surface area (TPSA) is 150 Å². The number of nitrogen functional groups attached to an aromatic ring is 1. The van der Waals surface area contributed by atoms with Crippen LogP contribution in [-0.2, 0) is 4.79 Å². The molecule has 3 aromatic rings. The van der Waals surface area contributed by atoms with Crippen molar-refractivity contribution >= 4 is 40.6 Å². The fourth-order valence-electron chi connectivity index (χ4n) is 3.74. The van der Waals surface area contributed by atoms with Crippen LogP contribution in [0.4, 0.5) is 15.8 Å². The van der Waals surface area contributed by atoms with E-state index in [1.165, 1.54) is 49.5 Å². The molecule has 0 fully saturated rings. The predicted octanol–water partition coefficient (Wildman–Crippen LogP) is 3.53. The Bertz CT molecular complexity index is 1310. The van der Waals surface area contributed by atoms with Gasteiger partial charge in [0.05, 0.1) is 19.9 Å². The number of methoxy groups -OCH3 is 2. The third kappa shape index (κ3) is 6.20. The largest absolute Gasteiger partial charge is 0.493 e. The summed E-state index contributed by atoms with van der Waals surface area (Å²) in [5, 5.41) is 2.87. The maximum atomic E-state index is 14.1. The van der Waals surface area contributed by atoms with E-state index in [1.54, 1.807) is 12.1 Å². The Morgan fingerprint density at radius 1 is 1.08 bits per heavy atom. The Balaban J connectivity index is 2.22. The Morgan fingerprint density at radius 2 is 1.74 bits per heavy atom. The summed E-state index contributed by atoms with van der Waals surface area (Å²) in [6.45, 7) is 4.40. The Hall–Kier alpha value is -4.19. The number of hydrogen-bond donors (Lipinski definition) is 3. The summed E-state index contributed by atoms with van der Waals surface area (Å²) in [6, 6.07) is 8.69. The van der Waals surface area contributed by atoms with Gasteiger partial charge in [0.15, 0.2) is 17.2 Å². The minimum absolute atomic E-state index is 0.0873. The summed E-state index contributed by atoms with van der Waals surface area (Å²) in [6.07, 6.45) is 0.704. The summed E-state index contributed by atoms with van der Waals surface area (Å²) in [7, 11) is 2.90. The van der Waals surface area contributed by atoms with Gasteiger partial charge >= 0.3 is 0 Å². The van der Waals surface area contributed by atoms with Crippen LogP contribution in [0.1, 0.15) is 52.0 Å². The van der Waals surface area contributed by atoms with Crippen LogP contribution in [0.5, 0.6) is 11.5 Å². The molecule has 1 aromatic heterocycles. The molecule has 1 unspecified atom stereocenters. The zero-order valence-electron chi connectivity index (χ0n) is 21.5. The number of nitrogens with two attached hydrogens (primary N) is 2. The van der Waals surface area contributed by atoms with Gasteiger partial charge in [0.2, 0.25) is 5.91 Å². The van der Waals surface area contributed by atoms with Crippen molar-refractivity contribution in [3.8, 4) is 11.5 Å². The lowest BCUT2D eigenvalue weighted by Gasteiger charge is -2.31. The molecule has 10 nitrogen and oxygen atoms in total. The highest BCUT2D eigenvalue weighted by Gasteiger charge is 2.36. The van der Waals surface area contributed by atoms with Crippen molar-refractivity contribution in [1.29, 1.82) is 0 Å². The summed E-state index contributed by atoms with van der Waals surface area (Å²) in [4.78, 5) is 40.6. The number of amides is 3. The summed E-state index contributed by atoms with van der Waals surface area (Å²) in [5.74, 6) is -1.59. The first-order valence-corrected chi connectivity index (χ1v) is 12.5. The Morgan fingerprint density at radius 3 is 2.29 bits per heavy atom. The zero-order valence-corrected chi connectivity index (χ0v) is 22.3. The van der Waals surface area contributed by atoms with Crippen LogP contribution in [0.3, 0.4) is 0 Å². The van der Waals surface area contributed by atoms with Gasteiger partial charge in [-0.15, -0.1) is 0 Å². The SMILES string of the molecule is COc1ccc(N(C(=O)c2snc(C(N)=O)c2N)C(C(=O)NCCC(C)C)c2ccc(F)cc2)cc1OC. The van der Waals surface area contributed by atoms with E-state index in [4.69, 9.17) is 20.9 Å². The smallest absolute Gasteiger partial charge is 0.273 e. The van der Waals surface area contributed by atoms with Crippen LogP contribution >= 0.6 is 11.5 Å². The normalized spacial score (nSPS) is 11.6. The molecular formula is C26H30FN5O5S. The molecule has 0 aliphatic carbocycles. The number of carbonyl (C=O) groups excluding carboxylic acids is 3. The number of benzene rings is 2. The average Bonchev–Trinajstić information content (AvgIpc) is 3.28. The lowest BCUT2D eigenvalue weighted by molar-refractivity contribution is -0.122. The van der Waals surface area contributed by atoms with Gasteiger partial charge in [-0.05, 0) is 53.7 Å². The van der Waals surface area contributed by atoms with Crippen molar-refractivity contribution in [3.05, 3.63) is 64.4 Å². The maximum Gasteiger partial charge on any atom is 0.273 e. The minimum Gasteiger partial charge on any atom is -0.493 e. The lowest BCUT2D eigenvalue weighted by Crippen LogP contribution is -2.44. The molecule has 5 N–H and O–H groups in total.